The molecule has 28 heavy (non-hydrogen) atoms. The fourth-order valence-electron chi connectivity index (χ4n) is 2.25. The minimum Gasteiger partial charge on any atom is -0.497 e. The Morgan fingerprint density at radius 1 is 0.964 bits per heavy atom. The molecule has 7 heteroatoms. The molecule has 7 nitrogen and oxygen atoms in total. The van der Waals surface area contributed by atoms with Gasteiger partial charge in [0, 0.05) is 12.3 Å². The number of carbonyl (C=O) groups is 2. The summed E-state index contributed by atoms with van der Waals surface area (Å²) in [6.45, 7) is 3.91. The SMILES string of the molecule is COc1ccc(CNC(=O)C/C(C)=N/NC(=O)COc2ccc(C)cc2)cc1. The lowest BCUT2D eigenvalue weighted by atomic mass is 10.2. The van der Waals surface area contributed by atoms with Gasteiger partial charge in [0.2, 0.25) is 5.91 Å². The summed E-state index contributed by atoms with van der Waals surface area (Å²) in [5.74, 6) is 0.806. The predicted octanol–water partition coefficient (Wildman–Crippen LogP) is 2.58. The number of carbonyl (C=O) groups excluding carboxylic acids is 2. The Balaban J connectivity index is 1.69. The smallest absolute Gasteiger partial charge is 0.277 e. The van der Waals surface area contributed by atoms with Crippen LogP contribution in [0, 0.1) is 6.92 Å². The highest BCUT2D eigenvalue weighted by Crippen LogP contribution is 2.11. The van der Waals surface area contributed by atoms with E-state index in [2.05, 4.69) is 15.8 Å². The third kappa shape index (κ3) is 7.49. The van der Waals surface area contributed by atoms with Crippen LogP contribution in [0.5, 0.6) is 11.5 Å². The van der Waals surface area contributed by atoms with Crippen LogP contribution in [0.1, 0.15) is 24.5 Å². The van der Waals surface area contributed by atoms with Gasteiger partial charge in [-0.1, -0.05) is 29.8 Å². The van der Waals surface area contributed by atoms with E-state index in [-0.39, 0.29) is 18.9 Å². The van der Waals surface area contributed by atoms with Gasteiger partial charge in [-0.15, -0.1) is 0 Å². The molecule has 0 unspecified atom stereocenters. The fraction of sp³-hybridized carbons (Fsp3) is 0.286. The topological polar surface area (TPSA) is 89.0 Å². The predicted molar refractivity (Wildman–Crippen MR) is 107 cm³/mol. The van der Waals surface area contributed by atoms with Crippen LogP contribution in [0.4, 0.5) is 0 Å². The minimum atomic E-state index is -0.390. The molecular formula is C21H25N3O4. The summed E-state index contributed by atoms with van der Waals surface area (Å²) >= 11 is 0. The molecule has 0 heterocycles. The van der Waals surface area contributed by atoms with Crippen LogP contribution >= 0.6 is 0 Å². The first kappa shape index (κ1) is 21.0. The monoisotopic (exact) mass is 383 g/mol. The van der Waals surface area contributed by atoms with E-state index in [4.69, 9.17) is 9.47 Å². The van der Waals surface area contributed by atoms with Gasteiger partial charge in [-0.25, -0.2) is 5.43 Å². The molecule has 2 amide bonds. The number of aryl methyl sites for hydroxylation is 1. The molecule has 0 aliphatic carbocycles. The van der Waals surface area contributed by atoms with Crippen LogP contribution in [-0.4, -0.2) is 31.2 Å². The summed E-state index contributed by atoms with van der Waals surface area (Å²) in [6.07, 6.45) is 0.0925. The molecule has 0 aliphatic rings. The number of hydrogen-bond acceptors (Lipinski definition) is 5. The van der Waals surface area contributed by atoms with E-state index in [0.717, 1.165) is 16.9 Å². The lowest BCUT2D eigenvalue weighted by molar-refractivity contribution is -0.123. The molecule has 2 aromatic carbocycles. The molecule has 0 bridgehead atoms. The van der Waals surface area contributed by atoms with Gasteiger partial charge in [-0.3, -0.25) is 9.59 Å². The highest BCUT2D eigenvalue weighted by molar-refractivity contribution is 6.00. The first-order valence-electron chi connectivity index (χ1n) is 8.87. The van der Waals surface area contributed by atoms with E-state index in [0.29, 0.717) is 18.0 Å². The van der Waals surface area contributed by atoms with E-state index < -0.39 is 5.91 Å². The van der Waals surface area contributed by atoms with Gasteiger partial charge >= 0.3 is 0 Å². The summed E-state index contributed by atoms with van der Waals surface area (Å²) in [4.78, 5) is 23.8. The first-order valence-corrected chi connectivity index (χ1v) is 8.87. The van der Waals surface area contributed by atoms with Gasteiger partial charge < -0.3 is 14.8 Å². The van der Waals surface area contributed by atoms with Crippen molar-refractivity contribution in [3.63, 3.8) is 0 Å². The summed E-state index contributed by atoms with van der Waals surface area (Å²) < 4.78 is 10.5. The van der Waals surface area contributed by atoms with Crippen molar-refractivity contribution in [2.75, 3.05) is 13.7 Å². The van der Waals surface area contributed by atoms with Crippen LogP contribution in [0.3, 0.4) is 0 Å². The van der Waals surface area contributed by atoms with Crippen LogP contribution in [-0.2, 0) is 16.1 Å². The van der Waals surface area contributed by atoms with Crippen LogP contribution < -0.4 is 20.2 Å². The van der Waals surface area contributed by atoms with E-state index in [1.165, 1.54) is 0 Å². The second kappa shape index (κ2) is 10.7. The molecule has 0 saturated carbocycles. The van der Waals surface area contributed by atoms with Gasteiger partial charge in [0.25, 0.3) is 5.91 Å². The standard InChI is InChI=1S/C21H25N3O4/c1-15-4-8-19(9-5-15)28-14-21(26)24-23-16(2)12-20(25)22-13-17-6-10-18(27-3)11-7-17/h4-11H,12-14H2,1-3H3,(H,22,25)(H,24,26)/b23-16+. The van der Waals surface area contributed by atoms with Gasteiger partial charge in [0.1, 0.15) is 11.5 Å². The Morgan fingerprint density at radius 2 is 1.61 bits per heavy atom. The van der Waals surface area contributed by atoms with E-state index in [9.17, 15) is 9.59 Å². The lowest BCUT2D eigenvalue weighted by Gasteiger charge is -2.07. The largest absolute Gasteiger partial charge is 0.497 e. The number of nitrogens with one attached hydrogen (secondary N) is 2. The molecule has 0 radical (unpaired) electrons. The summed E-state index contributed by atoms with van der Waals surface area (Å²) in [7, 11) is 1.60. The van der Waals surface area contributed by atoms with Crippen molar-refractivity contribution in [3.05, 3.63) is 59.7 Å². The molecule has 2 N–H and O–H groups in total. The Morgan fingerprint density at radius 3 is 2.25 bits per heavy atom. The summed E-state index contributed by atoms with van der Waals surface area (Å²) in [5.41, 5.74) is 4.96. The zero-order valence-corrected chi connectivity index (χ0v) is 16.3. The number of methoxy groups -OCH3 is 1. The number of rotatable bonds is 9. The Bertz CT molecular complexity index is 815. The number of ether oxygens (including phenoxy) is 2. The zero-order valence-electron chi connectivity index (χ0n) is 16.3. The number of amides is 2. The van der Waals surface area contributed by atoms with Gasteiger partial charge in [0.15, 0.2) is 6.61 Å². The van der Waals surface area contributed by atoms with Crippen molar-refractivity contribution in [2.45, 2.75) is 26.8 Å². The maximum atomic E-state index is 12.0. The van der Waals surface area contributed by atoms with Gasteiger partial charge in [-0.05, 0) is 43.7 Å². The second-order valence-electron chi connectivity index (χ2n) is 6.29. The second-order valence-corrected chi connectivity index (χ2v) is 6.29. The molecule has 0 aromatic heterocycles. The third-order valence-electron chi connectivity index (χ3n) is 3.83. The van der Waals surface area contributed by atoms with Crippen LogP contribution in [0.15, 0.2) is 53.6 Å². The average Bonchev–Trinajstić information content (AvgIpc) is 2.70. The lowest BCUT2D eigenvalue weighted by Crippen LogP contribution is -2.28. The van der Waals surface area contributed by atoms with E-state index in [1.807, 2.05) is 43.3 Å². The first-order chi connectivity index (χ1) is 13.5. The van der Waals surface area contributed by atoms with Crippen molar-refractivity contribution in [1.82, 2.24) is 10.7 Å². The van der Waals surface area contributed by atoms with E-state index in [1.54, 1.807) is 26.2 Å². The van der Waals surface area contributed by atoms with Crippen molar-refractivity contribution < 1.29 is 19.1 Å². The molecule has 2 aromatic rings. The van der Waals surface area contributed by atoms with Crippen molar-refractivity contribution in [2.24, 2.45) is 5.10 Å². The average molecular weight is 383 g/mol. The highest BCUT2D eigenvalue weighted by Gasteiger charge is 2.06. The number of nitrogens with zero attached hydrogens (tertiary/aromatic N) is 1. The van der Waals surface area contributed by atoms with Crippen molar-refractivity contribution in [1.29, 1.82) is 0 Å². The van der Waals surface area contributed by atoms with Crippen LogP contribution in [0.2, 0.25) is 0 Å². The number of hydrazone groups is 1. The van der Waals surface area contributed by atoms with Gasteiger partial charge in [-0.2, -0.15) is 5.10 Å². The maximum absolute atomic E-state index is 12.0. The van der Waals surface area contributed by atoms with Gasteiger partial charge in [0.05, 0.1) is 13.5 Å². The molecule has 2 rings (SSSR count). The third-order valence-corrected chi connectivity index (χ3v) is 3.83. The molecule has 0 spiro atoms. The van der Waals surface area contributed by atoms with Crippen LogP contribution in [0.25, 0.3) is 0 Å². The maximum Gasteiger partial charge on any atom is 0.277 e. The molecule has 0 aliphatic heterocycles. The number of hydrogen-bond donors (Lipinski definition) is 2. The summed E-state index contributed by atoms with van der Waals surface area (Å²) in [6, 6.07) is 14.8. The molecule has 0 saturated heterocycles. The Kier molecular flexibility index (Phi) is 8.02. The van der Waals surface area contributed by atoms with Crippen molar-refractivity contribution in [3.8, 4) is 11.5 Å². The quantitative estimate of drug-likeness (QED) is 0.515. The Hall–Kier alpha value is -3.35. The Labute approximate surface area is 164 Å². The summed E-state index contributed by atoms with van der Waals surface area (Å²) in [5, 5.41) is 6.74. The molecule has 148 valence electrons. The van der Waals surface area contributed by atoms with E-state index >= 15 is 0 Å². The minimum absolute atomic E-state index is 0.0925. The molecule has 0 atom stereocenters. The highest BCUT2D eigenvalue weighted by atomic mass is 16.5. The molecular weight excluding hydrogens is 358 g/mol. The zero-order chi connectivity index (χ0) is 20.4. The van der Waals surface area contributed by atoms with Crippen molar-refractivity contribution >= 4 is 17.5 Å². The number of benzene rings is 2. The molecule has 0 fully saturated rings. The normalized spacial score (nSPS) is 10.9. The fourth-order valence-corrected chi connectivity index (χ4v) is 2.25.